The minimum atomic E-state index is -1.18. The number of fused-ring (bicyclic) bond motifs is 3. The molecule has 182 valence electrons. The minimum Gasteiger partial charge on any atom is -0.481 e. The first-order valence-electron chi connectivity index (χ1n) is 11.5. The van der Waals surface area contributed by atoms with Gasteiger partial charge in [-0.1, -0.05) is 56.2 Å². The van der Waals surface area contributed by atoms with E-state index in [1.54, 1.807) is 6.07 Å². The maximum Gasteiger partial charge on any atom is 0.316 e. The molecule has 0 radical (unpaired) electrons. The first-order valence-corrected chi connectivity index (χ1v) is 11.5. The molecule has 2 aromatic carbocycles. The standard InChI is InChI=1S/C26H32N2O6/c1-5-6-10-20(25(31)32)24(30)27-33-15-21-17-12-8-7-11-16(17)18-13-9-14-19(22(18)21)23(29)28-34-26(2,3)4/h7-9,11-14,20-21H,5-6,10,15H2,1-4H3,(H,27,30)(H,28,29)(H,31,32)/t20?,21-/m0/s1. The Balaban J connectivity index is 1.82. The maximum absolute atomic E-state index is 13.0. The average molecular weight is 469 g/mol. The number of carbonyl (C=O) groups is 3. The van der Waals surface area contributed by atoms with E-state index >= 15 is 0 Å². The van der Waals surface area contributed by atoms with Crippen molar-refractivity contribution >= 4 is 17.8 Å². The fraction of sp³-hybridized carbons (Fsp3) is 0.423. The van der Waals surface area contributed by atoms with Gasteiger partial charge in [0.25, 0.3) is 11.8 Å². The summed E-state index contributed by atoms with van der Waals surface area (Å²) in [5, 5.41) is 9.37. The minimum absolute atomic E-state index is 0.0420. The molecule has 2 aromatic rings. The van der Waals surface area contributed by atoms with Crippen LogP contribution in [-0.4, -0.2) is 35.1 Å². The van der Waals surface area contributed by atoms with Crippen molar-refractivity contribution in [1.29, 1.82) is 0 Å². The number of amides is 2. The second-order valence-corrected chi connectivity index (χ2v) is 9.36. The fourth-order valence-corrected chi connectivity index (χ4v) is 4.04. The molecule has 0 saturated heterocycles. The van der Waals surface area contributed by atoms with Crippen molar-refractivity contribution in [2.45, 2.75) is 58.5 Å². The van der Waals surface area contributed by atoms with Gasteiger partial charge >= 0.3 is 5.97 Å². The Morgan fingerprint density at radius 2 is 1.74 bits per heavy atom. The largest absolute Gasteiger partial charge is 0.481 e. The van der Waals surface area contributed by atoms with E-state index in [9.17, 15) is 19.5 Å². The number of hydrogen-bond donors (Lipinski definition) is 3. The predicted octanol–water partition coefficient (Wildman–Crippen LogP) is 4.20. The van der Waals surface area contributed by atoms with E-state index in [2.05, 4.69) is 11.0 Å². The number of carboxylic acid groups (broad SMARTS) is 1. The zero-order valence-electron chi connectivity index (χ0n) is 20.0. The number of hydrogen-bond acceptors (Lipinski definition) is 5. The van der Waals surface area contributed by atoms with Gasteiger partial charge in [0, 0.05) is 11.5 Å². The van der Waals surface area contributed by atoms with Crippen molar-refractivity contribution < 1.29 is 29.2 Å². The molecule has 3 rings (SSSR count). The number of benzene rings is 2. The van der Waals surface area contributed by atoms with E-state index in [1.165, 1.54) is 0 Å². The summed E-state index contributed by atoms with van der Waals surface area (Å²) in [6, 6.07) is 13.3. The molecule has 8 nitrogen and oxygen atoms in total. The van der Waals surface area contributed by atoms with Crippen molar-refractivity contribution in [3.8, 4) is 11.1 Å². The third-order valence-corrected chi connectivity index (χ3v) is 5.66. The molecular weight excluding hydrogens is 436 g/mol. The number of hydroxylamine groups is 2. The monoisotopic (exact) mass is 468 g/mol. The van der Waals surface area contributed by atoms with Crippen LogP contribution in [0.4, 0.5) is 0 Å². The quantitative estimate of drug-likeness (QED) is 0.356. The summed E-state index contributed by atoms with van der Waals surface area (Å²) in [6.07, 6.45) is 1.66. The second-order valence-electron chi connectivity index (χ2n) is 9.36. The summed E-state index contributed by atoms with van der Waals surface area (Å²) in [6.45, 7) is 7.48. The third-order valence-electron chi connectivity index (χ3n) is 5.66. The van der Waals surface area contributed by atoms with Crippen LogP contribution in [0.25, 0.3) is 11.1 Å². The van der Waals surface area contributed by atoms with E-state index < -0.39 is 23.4 Å². The molecule has 0 aliphatic heterocycles. The molecule has 0 aromatic heterocycles. The molecule has 1 aliphatic carbocycles. The number of nitrogens with one attached hydrogen (secondary N) is 2. The van der Waals surface area contributed by atoms with Gasteiger partial charge in [0.1, 0.15) is 5.92 Å². The van der Waals surface area contributed by atoms with E-state index in [4.69, 9.17) is 9.68 Å². The molecule has 0 bridgehead atoms. The lowest BCUT2D eigenvalue weighted by Crippen LogP contribution is -2.36. The van der Waals surface area contributed by atoms with E-state index in [0.717, 1.165) is 28.7 Å². The average Bonchev–Trinajstić information content (AvgIpc) is 3.11. The lowest BCUT2D eigenvalue weighted by Gasteiger charge is -2.21. The summed E-state index contributed by atoms with van der Waals surface area (Å²) in [5.74, 6) is -3.74. The number of rotatable bonds is 10. The van der Waals surface area contributed by atoms with Crippen LogP contribution in [-0.2, 0) is 19.3 Å². The molecule has 2 atom stereocenters. The molecular formula is C26H32N2O6. The van der Waals surface area contributed by atoms with Crippen molar-refractivity contribution in [2.75, 3.05) is 6.61 Å². The van der Waals surface area contributed by atoms with Crippen LogP contribution in [0.5, 0.6) is 0 Å². The van der Waals surface area contributed by atoms with Gasteiger partial charge in [-0.2, -0.15) is 0 Å². The first kappa shape index (κ1) is 25.4. The molecule has 34 heavy (non-hydrogen) atoms. The summed E-state index contributed by atoms with van der Waals surface area (Å²) >= 11 is 0. The van der Waals surface area contributed by atoms with E-state index in [1.807, 2.05) is 64.1 Å². The molecule has 1 aliphatic rings. The molecule has 0 spiro atoms. The Kier molecular flexibility index (Phi) is 8.06. The number of carbonyl (C=O) groups excluding carboxylic acids is 2. The molecule has 8 heteroatoms. The summed E-state index contributed by atoms with van der Waals surface area (Å²) in [4.78, 5) is 47.9. The van der Waals surface area contributed by atoms with Gasteiger partial charge in [-0.15, -0.1) is 0 Å². The summed E-state index contributed by atoms with van der Waals surface area (Å²) in [7, 11) is 0. The number of unbranched alkanes of at least 4 members (excludes halogenated alkanes) is 1. The van der Waals surface area contributed by atoms with Gasteiger partial charge in [-0.3, -0.25) is 24.1 Å². The molecule has 0 saturated carbocycles. The predicted molar refractivity (Wildman–Crippen MR) is 127 cm³/mol. The van der Waals surface area contributed by atoms with Crippen LogP contribution in [0.1, 0.15) is 74.4 Å². The topological polar surface area (TPSA) is 114 Å². The molecule has 2 amide bonds. The molecule has 1 unspecified atom stereocenters. The Bertz CT molecular complexity index is 1060. The normalized spacial score (nSPS) is 15.2. The van der Waals surface area contributed by atoms with Crippen LogP contribution < -0.4 is 11.0 Å². The van der Waals surface area contributed by atoms with E-state index in [-0.39, 0.29) is 24.9 Å². The Morgan fingerprint density at radius 1 is 1.03 bits per heavy atom. The lowest BCUT2D eigenvalue weighted by atomic mass is 9.93. The van der Waals surface area contributed by atoms with Gasteiger partial charge in [0.15, 0.2) is 0 Å². The Hall–Kier alpha value is -3.23. The van der Waals surface area contributed by atoms with Gasteiger partial charge < -0.3 is 5.11 Å². The number of carboxylic acids is 1. The smallest absolute Gasteiger partial charge is 0.316 e. The van der Waals surface area contributed by atoms with Gasteiger partial charge in [-0.25, -0.2) is 11.0 Å². The highest BCUT2D eigenvalue weighted by molar-refractivity contribution is 5.99. The third kappa shape index (κ3) is 5.81. The second kappa shape index (κ2) is 10.8. The fourth-order valence-electron chi connectivity index (χ4n) is 4.04. The SMILES string of the molecule is CCCCC(C(=O)O)C(=O)NOC[C@H]1c2ccccc2-c2cccc(C(=O)NOC(C)(C)C)c21. The Labute approximate surface area is 199 Å². The molecule has 3 N–H and O–H groups in total. The highest BCUT2D eigenvalue weighted by atomic mass is 16.7. The van der Waals surface area contributed by atoms with Crippen molar-refractivity contribution in [2.24, 2.45) is 5.92 Å². The van der Waals surface area contributed by atoms with Crippen LogP contribution in [0.3, 0.4) is 0 Å². The summed E-state index contributed by atoms with van der Waals surface area (Å²) in [5.41, 5.74) is 8.35. The van der Waals surface area contributed by atoms with Crippen LogP contribution in [0, 0.1) is 5.92 Å². The van der Waals surface area contributed by atoms with Crippen molar-refractivity contribution in [1.82, 2.24) is 11.0 Å². The van der Waals surface area contributed by atoms with E-state index in [0.29, 0.717) is 12.0 Å². The van der Waals surface area contributed by atoms with Gasteiger partial charge in [0.2, 0.25) is 0 Å². The zero-order chi connectivity index (χ0) is 24.9. The first-order chi connectivity index (χ1) is 16.1. The molecule has 0 heterocycles. The van der Waals surface area contributed by atoms with Crippen molar-refractivity contribution in [3.05, 3.63) is 59.2 Å². The lowest BCUT2D eigenvalue weighted by molar-refractivity contribution is -0.152. The van der Waals surface area contributed by atoms with Crippen LogP contribution >= 0.6 is 0 Å². The zero-order valence-corrected chi connectivity index (χ0v) is 20.0. The van der Waals surface area contributed by atoms with Gasteiger partial charge in [0.05, 0.1) is 12.2 Å². The van der Waals surface area contributed by atoms with Gasteiger partial charge in [-0.05, 0) is 55.5 Å². The Morgan fingerprint density at radius 3 is 2.41 bits per heavy atom. The maximum atomic E-state index is 13.0. The number of aliphatic carboxylic acids is 1. The molecule has 0 fully saturated rings. The van der Waals surface area contributed by atoms with Crippen molar-refractivity contribution in [3.63, 3.8) is 0 Å². The van der Waals surface area contributed by atoms with Crippen LogP contribution in [0.15, 0.2) is 42.5 Å². The van der Waals surface area contributed by atoms with Crippen LogP contribution in [0.2, 0.25) is 0 Å². The highest BCUT2D eigenvalue weighted by Gasteiger charge is 2.34. The summed E-state index contributed by atoms with van der Waals surface area (Å²) < 4.78 is 0. The highest BCUT2D eigenvalue weighted by Crippen LogP contribution is 2.46.